The van der Waals surface area contributed by atoms with Crippen LogP contribution in [0.4, 0.5) is 0 Å². The first-order chi connectivity index (χ1) is 10.7. The molecule has 3 heterocycles. The summed E-state index contributed by atoms with van der Waals surface area (Å²) < 4.78 is 1.58. The van der Waals surface area contributed by atoms with Crippen LogP contribution in [0, 0.1) is 0 Å². The standard InChI is InChI=1S/C15H22N4O2S/c1-2-13(20)11-18-5-3-17(4-6-18)10-12-9-14(21)19-7-8-22-15(19)16-12/h7-9,13,20H,2-6,10-11H2,1H3. The van der Waals surface area contributed by atoms with Crippen LogP contribution in [0.5, 0.6) is 0 Å². The van der Waals surface area contributed by atoms with Crippen LogP contribution < -0.4 is 5.56 Å². The van der Waals surface area contributed by atoms with Gasteiger partial charge in [-0.1, -0.05) is 6.92 Å². The fourth-order valence-corrected chi connectivity index (χ4v) is 3.49. The topological polar surface area (TPSA) is 61.1 Å². The van der Waals surface area contributed by atoms with Gasteiger partial charge in [-0.3, -0.25) is 19.0 Å². The number of aromatic nitrogens is 2. The smallest absolute Gasteiger partial charge is 0.258 e. The molecule has 22 heavy (non-hydrogen) atoms. The maximum absolute atomic E-state index is 12.0. The lowest BCUT2D eigenvalue weighted by Crippen LogP contribution is -2.48. The van der Waals surface area contributed by atoms with Crippen molar-refractivity contribution in [2.75, 3.05) is 32.7 Å². The molecule has 0 radical (unpaired) electrons. The third-order valence-corrected chi connectivity index (χ3v) is 4.90. The molecule has 1 fully saturated rings. The summed E-state index contributed by atoms with van der Waals surface area (Å²) in [5.74, 6) is 0. The number of nitrogens with zero attached hydrogens (tertiary/aromatic N) is 4. The van der Waals surface area contributed by atoms with Gasteiger partial charge in [0.15, 0.2) is 4.96 Å². The van der Waals surface area contributed by atoms with E-state index < -0.39 is 0 Å². The minimum absolute atomic E-state index is 0.00838. The Kier molecular flexibility index (Phi) is 4.87. The molecule has 120 valence electrons. The van der Waals surface area contributed by atoms with Crippen LogP contribution in [0.15, 0.2) is 22.4 Å². The molecule has 1 unspecified atom stereocenters. The zero-order valence-electron chi connectivity index (χ0n) is 12.8. The Bertz CT molecular complexity index is 675. The molecule has 2 aromatic rings. The van der Waals surface area contributed by atoms with Crippen molar-refractivity contribution in [3.8, 4) is 0 Å². The highest BCUT2D eigenvalue weighted by molar-refractivity contribution is 7.15. The lowest BCUT2D eigenvalue weighted by Gasteiger charge is -2.35. The van der Waals surface area contributed by atoms with E-state index in [9.17, 15) is 9.90 Å². The van der Waals surface area contributed by atoms with Gasteiger partial charge < -0.3 is 5.11 Å². The summed E-state index contributed by atoms with van der Waals surface area (Å²) in [7, 11) is 0. The van der Waals surface area contributed by atoms with E-state index in [0.717, 1.165) is 49.8 Å². The van der Waals surface area contributed by atoms with Crippen LogP contribution in [-0.4, -0.2) is 63.1 Å². The number of aliphatic hydroxyl groups is 1. The Morgan fingerprint density at radius 3 is 2.77 bits per heavy atom. The van der Waals surface area contributed by atoms with Gasteiger partial charge in [0.05, 0.1) is 11.8 Å². The minimum atomic E-state index is -0.227. The third-order valence-electron chi connectivity index (χ3n) is 4.15. The molecule has 1 aliphatic heterocycles. The highest BCUT2D eigenvalue weighted by Crippen LogP contribution is 2.10. The second-order valence-corrected chi connectivity index (χ2v) is 6.65. The predicted octanol–water partition coefficient (Wildman–Crippen LogP) is 0.645. The molecule has 0 aromatic carbocycles. The number of rotatable bonds is 5. The molecule has 1 aliphatic rings. The molecule has 1 atom stereocenters. The number of aliphatic hydroxyl groups excluding tert-OH is 1. The number of fused-ring (bicyclic) bond motifs is 1. The van der Waals surface area contributed by atoms with Crippen molar-refractivity contribution in [1.82, 2.24) is 19.2 Å². The number of thiazole rings is 1. The predicted molar refractivity (Wildman–Crippen MR) is 87.4 cm³/mol. The summed E-state index contributed by atoms with van der Waals surface area (Å²) in [6.45, 7) is 7.28. The maximum Gasteiger partial charge on any atom is 0.258 e. The van der Waals surface area contributed by atoms with E-state index in [1.54, 1.807) is 16.7 Å². The molecule has 2 aromatic heterocycles. The van der Waals surface area contributed by atoms with Crippen LogP contribution >= 0.6 is 11.3 Å². The first kappa shape index (κ1) is 15.6. The van der Waals surface area contributed by atoms with Gasteiger partial charge in [-0.25, -0.2) is 4.98 Å². The van der Waals surface area contributed by atoms with Gasteiger partial charge in [-0.05, 0) is 6.42 Å². The normalized spacial score (nSPS) is 18.8. The highest BCUT2D eigenvalue weighted by Gasteiger charge is 2.19. The first-order valence-corrected chi connectivity index (χ1v) is 8.62. The van der Waals surface area contributed by atoms with Gasteiger partial charge in [-0.2, -0.15) is 0 Å². The summed E-state index contributed by atoms with van der Waals surface area (Å²) >= 11 is 1.48. The largest absolute Gasteiger partial charge is 0.392 e. The zero-order valence-corrected chi connectivity index (χ0v) is 13.6. The molecule has 1 saturated heterocycles. The second-order valence-electron chi connectivity index (χ2n) is 5.78. The van der Waals surface area contributed by atoms with E-state index in [-0.39, 0.29) is 11.7 Å². The number of hydrogen-bond acceptors (Lipinski definition) is 6. The van der Waals surface area contributed by atoms with E-state index in [4.69, 9.17) is 0 Å². The van der Waals surface area contributed by atoms with Crippen LogP contribution in [0.3, 0.4) is 0 Å². The number of piperazine rings is 1. The molecule has 0 amide bonds. The highest BCUT2D eigenvalue weighted by atomic mass is 32.1. The van der Waals surface area contributed by atoms with Crippen molar-refractivity contribution in [3.05, 3.63) is 33.7 Å². The first-order valence-electron chi connectivity index (χ1n) is 7.74. The Hall–Kier alpha value is -1.28. The van der Waals surface area contributed by atoms with E-state index in [1.165, 1.54) is 11.3 Å². The Labute approximate surface area is 133 Å². The Morgan fingerprint density at radius 2 is 2.05 bits per heavy atom. The van der Waals surface area contributed by atoms with Crippen molar-refractivity contribution < 1.29 is 5.11 Å². The number of hydrogen-bond donors (Lipinski definition) is 1. The molecule has 3 rings (SSSR count). The molecule has 6 nitrogen and oxygen atoms in total. The fraction of sp³-hybridized carbons (Fsp3) is 0.600. The fourth-order valence-electron chi connectivity index (χ4n) is 2.76. The SMILES string of the molecule is CCC(O)CN1CCN(Cc2cc(=O)n3ccsc3n2)CC1. The summed E-state index contributed by atoms with van der Waals surface area (Å²) in [5.41, 5.74) is 0.834. The molecule has 0 bridgehead atoms. The molecule has 1 N–H and O–H groups in total. The van der Waals surface area contributed by atoms with Gasteiger partial charge in [0.1, 0.15) is 0 Å². The van der Waals surface area contributed by atoms with Crippen molar-refractivity contribution in [3.63, 3.8) is 0 Å². The van der Waals surface area contributed by atoms with Gasteiger partial charge in [0.25, 0.3) is 5.56 Å². The average molecular weight is 322 g/mol. The monoisotopic (exact) mass is 322 g/mol. The molecule has 0 saturated carbocycles. The van der Waals surface area contributed by atoms with Crippen LogP contribution in [0.2, 0.25) is 0 Å². The molecule has 0 spiro atoms. The van der Waals surface area contributed by atoms with Gasteiger partial charge in [0, 0.05) is 56.9 Å². The van der Waals surface area contributed by atoms with Crippen LogP contribution in [0.25, 0.3) is 4.96 Å². The van der Waals surface area contributed by atoms with Crippen LogP contribution in [-0.2, 0) is 6.54 Å². The molecule has 7 heteroatoms. The minimum Gasteiger partial charge on any atom is -0.392 e. The lowest BCUT2D eigenvalue weighted by atomic mass is 10.2. The Balaban J connectivity index is 1.59. The molecule has 0 aliphatic carbocycles. The third kappa shape index (κ3) is 3.55. The van der Waals surface area contributed by atoms with Gasteiger partial charge >= 0.3 is 0 Å². The summed E-state index contributed by atoms with van der Waals surface area (Å²) in [4.78, 5) is 21.9. The van der Waals surface area contributed by atoms with Crippen molar-refractivity contribution in [2.24, 2.45) is 0 Å². The summed E-state index contributed by atoms with van der Waals surface area (Å²) in [6, 6.07) is 1.63. The lowest BCUT2D eigenvalue weighted by molar-refractivity contribution is 0.0683. The molecular weight excluding hydrogens is 300 g/mol. The zero-order chi connectivity index (χ0) is 15.5. The van der Waals surface area contributed by atoms with Gasteiger partial charge in [-0.15, -0.1) is 11.3 Å². The van der Waals surface area contributed by atoms with Gasteiger partial charge in [0.2, 0.25) is 0 Å². The van der Waals surface area contributed by atoms with E-state index in [0.29, 0.717) is 6.54 Å². The summed E-state index contributed by atoms with van der Waals surface area (Å²) in [6.07, 6.45) is 2.33. The number of β-amino-alcohol motifs (C(OH)–C–C–N with tert-alkyl or cyclic N) is 1. The van der Waals surface area contributed by atoms with Crippen molar-refractivity contribution >= 4 is 16.3 Å². The Morgan fingerprint density at radius 1 is 1.32 bits per heavy atom. The van der Waals surface area contributed by atoms with Crippen molar-refractivity contribution in [1.29, 1.82) is 0 Å². The second kappa shape index (κ2) is 6.87. The van der Waals surface area contributed by atoms with Crippen LogP contribution in [0.1, 0.15) is 19.0 Å². The van der Waals surface area contributed by atoms with E-state index in [1.807, 2.05) is 12.3 Å². The molecular formula is C15H22N4O2S. The van der Waals surface area contributed by atoms with E-state index >= 15 is 0 Å². The van der Waals surface area contributed by atoms with Crippen molar-refractivity contribution in [2.45, 2.75) is 26.0 Å². The summed E-state index contributed by atoms with van der Waals surface area (Å²) in [5, 5.41) is 11.6. The quantitative estimate of drug-likeness (QED) is 0.875. The van der Waals surface area contributed by atoms with E-state index in [2.05, 4.69) is 14.8 Å². The average Bonchev–Trinajstić information content (AvgIpc) is 2.98. The maximum atomic E-state index is 12.0.